The van der Waals surface area contributed by atoms with Crippen molar-refractivity contribution in [3.05, 3.63) is 59.7 Å². The lowest BCUT2D eigenvalue weighted by Gasteiger charge is -2.30. The predicted octanol–water partition coefficient (Wildman–Crippen LogP) is 4.21. The highest BCUT2D eigenvalue weighted by Gasteiger charge is 2.29. The summed E-state index contributed by atoms with van der Waals surface area (Å²) < 4.78 is 28.7. The first-order valence-corrected chi connectivity index (χ1v) is 9.29. The van der Waals surface area contributed by atoms with Crippen LogP contribution in [0.2, 0.25) is 0 Å². The Kier molecular flexibility index (Phi) is 5.65. The lowest BCUT2D eigenvalue weighted by Crippen LogP contribution is -2.28. The number of amides is 1. The van der Waals surface area contributed by atoms with Gasteiger partial charge in [-0.15, -0.1) is 0 Å². The van der Waals surface area contributed by atoms with Gasteiger partial charge in [0.2, 0.25) is 0 Å². The molecule has 0 radical (unpaired) electrons. The van der Waals surface area contributed by atoms with Crippen LogP contribution in [0.5, 0.6) is 5.75 Å². The van der Waals surface area contributed by atoms with E-state index in [0.717, 1.165) is 17.7 Å². The van der Waals surface area contributed by atoms with E-state index in [2.05, 4.69) is 15.0 Å². The molecule has 0 aromatic heterocycles. The van der Waals surface area contributed by atoms with Gasteiger partial charge in [-0.25, -0.2) is 0 Å². The summed E-state index contributed by atoms with van der Waals surface area (Å²) in [6, 6.07) is 13.0. The predicted molar refractivity (Wildman–Crippen MR) is 104 cm³/mol. The number of benzene rings is 2. The zero-order valence-electron chi connectivity index (χ0n) is 14.6. The molecule has 1 heterocycles. The van der Waals surface area contributed by atoms with Gasteiger partial charge < -0.3 is 15.8 Å². The first-order valence-electron chi connectivity index (χ1n) is 8.31. The first kappa shape index (κ1) is 19.2. The number of hydrogen-bond acceptors (Lipinski definition) is 5. The summed E-state index contributed by atoms with van der Waals surface area (Å²) in [6.45, 7) is -0.883. The standard InChI is InChI=1S/C19H19F2N3O2S/c1-19(9-10-27-18(22)24-19)13-3-2-4-14(11-13)23-16(25)12-5-7-15(8-6-12)26-17(20)21/h2-8,11,17H,9-10H2,1H3,(H2,22,24)(H,23,25). The van der Waals surface area contributed by atoms with Gasteiger partial charge in [-0.3, -0.25) is 9.79 Å². The Morgan fingerprint density at radius 1 is 1.30 bits per heavy atom. The van der Waals surface area contributed by atoms with Gasteiger partial charge in [-0.2, -0.15) is 8.78 Å². The second kappa shape index (κ2) is 7.96. The van der Waals surface area contributed by atoms with Crippen molar-refractivity contribution in [1.29, 1.82) is 0 Å². The average Bonchev–Trinajstić information content (AvgIpc) is 2.62. The smallest absolute Gasteiger partial charge is 0.387 e. The minimum absolute atomic E-state index is 0.00194. The van der Waals surface area contributed by atoms with E-state index in [1.54, 1.807) is 6.07 Å². The van der Waals surface area contributed by atoms with Crippen LogP contribution in [-0.4, -0.2) is 23.4 Å². The normalized spacial score (nSPS) is 19.5. The van der Waals surface area contributed by atoms with Crippen molar-refractivity contribution >= 4 is 28.5 Å². The van der Waals surface area contributed by atoms with Crippen LogP contribution in [0.25, 0.3) is 0 Å². The number of carbonyl (C=O) groups excluding carboxylic acids is 1. The Morgan fingerprint density at radius 3 is 2.70 bits per heavy atom. The Labute approximate surface area is 160 Å². The maximum absolute atomic E-state index is 12.4. The summed E-state index contributed by atoms with van der Waals surface area (Å²) >= 11 is 1.53. The molecular formula is C19H19F2N3O2S. The molecule has 1 aliphatic heterocycles. The van der Waals surface area contributed by atoms with Gasteiger partial charge in [0.1, 0.15) is 5.75 Å². The Hall–Kier alpha value is -2.61. The molecule has 0 saturated carbocycles. The number of carbonyl (C=O) groups is 1. The number of rotatable bonds is 5. The topological polar surface area (TPSA) is 76.7 Å². The summed E-state index contributed by atoms with van der Waals surface area (Å²) in [6.07, 6.45) is 0.849. The second-order valence-corrected chi connectivity index (χ2v) is 7.38. The third-order valence-corrected chi connectivity index (χ3v) is 5.08. The van der Waals surface area contributed by atoms with Crippen LogP contribution >= 0.6 is 11.8 Å². The number of amidine groups is 1. The average molecular weight is 391 g/mol. The summed E-state index contributed by atoms with van der Waals surface area (Å²) in [5.74, 6) is 0.542. The molecule has 27 heavy (non-hydrogen) atoms. The van der Waals surface area contributed by atoms with Crippen molar-refractivity contribution in [2.45, 2.75) is 25.5 Å². The quantitative estimate of drug-likeness (QED) is 0.801. The fourth-order valence-electron chi connectivity index (χ4n) is 2.82. The highest BCUT2D eigenvalue weighted by atomic mass is 32.2. The minimum Gasteiger partial charge on any atom is -0.435 e. The third kappa shape index (κ3) is 4.77. The van der Waals surface area contributed by atoms with Crippen LogP contribution in [0.1, 0.15) is 29.3 Å². The molecule has 0 aliphatic carbocycles. The Balaban J connectivity index is 1.74. The van der Waals surface area contributed by atoms with E-state index < -0.39 is 12.2 Å². The van der Waals surface area contributed by atoms with Crippen LogP contribution in [0, 0.1) is 0 Å². The number of halogens is 2. The molecule has 142 valence electrons. The van der Waals surface area contributed by atoms with E-state index in [-0.39, 0.29) is 11.7 Å². The van der Waals surface area contributed by atoms with Crippen molar-refractivity contribution in [2.24, 2.45) is 10.7 Å². The number of anilines is 1. The fraction of sp³-hybridized carbons (Fsp3) is 0.263. The lowest BCUT2D eigenvalue weighted by molar-refractivity contribution is -0.0498. The van der Waals surface area contributed by atoms with Crippen LogP contribution in [-0.2, 0) is 5.54 Å². The highest BCUT2D eigenvalue weighted by molar-refractivity contribution is 8.13. The number of alkyl halides is 2. The molecule has 3 rings (SSSR count). The number of nitrogens with two attached hydrogens (primary N) is 1. The van der Waals surface area contributed by atoms with E-state index in [0.29, 0.717) is 16.4 Å². The van der Waals surface area contributed by atoms with E-state index in [4.69, 9.17) is 5.73 Å². The summed E-state index contributed by atoms with van der Waals surface area (Å²) in [5.41, 5.74) is 7.37. The van der Waals surface area contributed by atoms with Crippen molar-refractivity contribution in [2.75, 3.05) is 11.1 Å². The van der Waals surface area contributed by atoms with Gasteiger partial charge in [0, 0.05) is 17.0 Å². The minimum atomic E-state index is -2.90. The van der Waals surface area contributed by atoms with Gasteiger partial charge in [0.25, 0.3) is 5.91 Å². The molecule has 8 heteroatoms. The van der Waals surface area contributed by atoms with Crippen LogP contribution in [0.4, 0.5) is 14.5 Å². The van der Waals surface area contributed by atoms with Crippen LogP contribution < -0.4 is 15.8 Å². The van der Waals surface area contributed by atoms with Crippen molar-refractivity contribution in [3.8, 4) is 5.75 Å². The van der Waals surface area contributed by atoms with E-state index in [1.807, 2.05) is 25.1 Å². The molecule has 3 N–H and O–H groups in total. The monoisotopic (exact) mass is 391 g/mol. The molecule has 2 aromatic rings. The molecule has 0 saturated heterocycles. The molecule has 2 aromatic carbocycles. The molecule has 1 unspecified atom stereocenters. The SMILES string of the molecule is CC1(c2cccc(NC(=O)c3ccc(OC(F)F)cc3)c2)CCSC(N)=N1. The first-order chi connectivity index (χ1) is 12.9. The van der Waals surface area contributed by atoms with E-state index in [1.165, 1.54) is 36.0 Å². The van der Waals surface area contributed by atoms with Gasteiger partial charge in [0.15, 0.2) is 5.17 Å². The maximum Gasteiger partial charge on any atom is 0.387 e. The Morgan fingerprint density at radius 2 is 2.04 bits per heavy atom. The number of aliphatic imine (C=N–C) groups is 1. The number of ether oxygens (including phenoxy) is 1. The van der Waals surface area contributed by atoms with Crippen molar-refractivity contribution in [3.63, 3.8) is 0 Å². The molecule has 1 atom stereocenters. The number of nitrogens with one attached hydrogen (secondary N) is 1. The van der Waals surface area contributed by atoms with Crippen molar-refractivity contribution < 1.29 is 18.3 Å². The molecule has 1 aliphatic rings. The molecular weight excluding hydrogens is 372 g/mol. The molecule has 0 bridgehead atoms. The molecule has 0 spiro atoms. The van der Waals surface area contributed by atoms with Gasteiger partial charge in [-0.1, -0.05) is 23.9 Å². The van der Waals surface area contributed by atoms with Crippen LogP contribution in [0.15, 0.2) is 53.5 Å². The zero-order valence-corrected chi connectivity index (χ0v) is 15.4. The molecule has 0 fully saturated rings. The fourth-order valence-corrected chi connectivity index (χ4v) is 3.79. The highest BCUT2D eigenvalue weighted by Crippen LogP contribution is 2.35. The number of nitrogens with zero attached hydrogens (tertiary/aromatic N) is 1. The van der Waals surface area contributed by atoms with E-state index >= 15 is 0 Å². The largest absolute Gasteiger partial charge is 0.435 e. The number of thioether (sulfide) groups is 1. The third-order valence-electron chi connectivity index (χ3n) is 4.28. The number of hydrogen-bond donors (Lipinski definition) is 2. The summed E-state index contributed by atoms with van der Waals surface area (Å²) in [7, 11) is 0. The van der Waals surface area contributed by atoms with E-state index in [9.17, 15) is 13.6 Å². The lowest BCUT2D eigenvalue weighted by atomic mass is 9.89. The summed E-state index contributed by atoms with van der Waals surface area (Å²) in [5, 5.41) is 3.37. The maximum atomic E-state index is 12.4. The van der Waals surface area contributed by atoms with Crippen molar-refractivity contribution in [1.82, 2.24) is 0 Å². The second-order valence-electron chi connectivity index (χ2n) is 6.26. The molecule has 1 amide bonds. The van der Waals surface area contributed by atoms with Gasteiger partial charge >= 0.3 is 6.61 Å². The summed E-state index contributed by atoms with van der Waals surface area (Å²) in [4.78, 5) is 17.0. The van der Waals surface area contributed by atoms with Crippen LogP contribution in [0.3, 0.4) is 0 Å². The zero-order chi connectivity index (χ0) is 19.4. The Bertz CT molecular complexity index is 858. The van der Waals surface area contributed by atoms with Gasteiger partial charge in [-0.05, 0) is 55.3 Å². The van der Waals surface area contributed by atoms with Gasteiger partial charge in [0.05, 0.1) is 5.54 Å². The molecule has 5 nitrogen and oxygen atoms in total.